The van der Waals surface area contributed by atoms with Crippen LogP contribution in [0.3, 0.4) is 0 Å². The van der Waals surface area contributed by atoms with Crippen LogP contribution in [-0.2, 0) is 0 Å². The number of nitriles is 2. The second kappa shape index (κ2) is 10.9. The summed E-state index contributed by atoms with van der Waals surface area (Å²) >= 11 is 0. The van der Waals surface area contributed by atoms with E-state index in [0.717, 1.165) is 55.7 Å². The first kappa shape index (κ1) is 27.4. The van der Waals surface area contributed by atoms with E-state index in [2.05, 4.69) is 130 Å². The Labute approximate surface area is 277 Å². The molecule has 0 saturated heterocycles. The van der Waals surface area contributed by atoms with Crippen molar-refractivity contribution in [2.45, 2.75) is 0 Å². The van der Waals surface area contributed by atoms with Gasteiger partial charge < -0.3 is 9.13 Å². The van der Waals surface area contributed by atoms with Crippen molar-refractivity contribution in [3.63, 3.8) is 0 Å². The van der Waals surface area contributed by atoms with E-state index in [0.29, 0.717) is 11.1 Å². The SMILES string of the molecule is N#Cc1cc(-c2ccccc2-n2c3ccccc3c3ccccc32)ccc1-c1ccc(-n2c3ccccc3c3ccccc32)cc1C#N. The van der Waals surface area contributed by atoms with Gasteiger partial charge in [0.15, 0.2) is 0 Å². The Morgan fingerprint density at radius 2 is 0.812 bits per heavy atom. The van der Waals surface area contributed by atoms with Gasteiger partial charge in [0.2, 0.25) is 0 Å². The Morgan fingerprint density at radius 3 is 1.35 bits per heavy atom. The number of nitrogens with zero attached hydrogens (tertiary/aromatic N) is 4. The molecule has 0 radical (unpaired) electrons. The number of aromatic nitrogens is 2. The molecular formula is C44H26N4. The average Bonchev–Trinajstić information content (AvgIpc) is 3.67. The number of hydrogen-bond acceptors (Lipinski definition) is 2. The van der Waals surface area contributed by atoms with Crippen molar-refractivity contribution in [3.8, 4) is 45.8 Å². The first-order valence-electron chi connectivity index (χ1n) is 15.9. The normalized spacial score (nSPS) is 11.3. The molecule has 4 nitrogen and oxygen atoms in total. The zero-order valence-electron chi connectivity index (χ0n) is 25.8. The standard InChI is InChI=1S/C44H26N4/c45-27-30-25-29(35-11-1-6-16-40(35)48-43-19-9-4-14-38(43)39-15-5-10-20-44(39)48)21-23-33(30)34-24-22-32(26-31(34)28-46)47-41-17-7-2-12-36(41)37-13-3-8-18-42(37)47/h1-26H. The van der Waals surface area contributed by atoms with Crippen LogP contribution in [0.25, 0.3) is 77.2 Å². The Kier molecular flexibility index (Phi) is 6.22. The van der Waals surface area contributed by atoms with Crippen molar-refractivity contribution in [2.24, 2.45) is 0 Å². The zero-order valence-corrected chi connectivity index (χ0v) is 25.8. The van der Waals surface area contributed by atoms with Gasteiger partial charge in [-0.1, -0.05) is 109 Å². The summed E-state index contributed by atoms with van der Waals surface area (Å²) < 4.78 is 4.51. The summed E-state index contributed by atoms with van der Waals surface area (Å²) in [5.41, 5.74) is 10.8. The van der Waals surface area contributed by atoms with Gasteiger partial charge in [-0.05, 0) is 54.1 Å². The summed E-state index contributed by atoms with van der Waals surface area (Å²) in [5, 5.41) is 25.6. The molecule has 0 bridgehead atoms. The lowest BCUT2D eigenvalue weighted by atomic mass is 9.92. The second-order valence-corrected chi connectivity index (χ2v) is 12.0. The maximum absolute atomic E-state index is 10.4. The van der Waals surface area contributed by atoms with Crippen LogP contribution in [0.5, 0.6) is 0 Å². The number of fused-ring (bicyclic) bond motifs is 6. The third-order valence-corrected chi connectivity index (χ3v) is 9.43. The highest BCUT2D eigenvalue weighted by Crippen LogP contribution is 2.39. The fourth-order valence-electron chi connectivity index (χ4n) is 7.33. The topological polar surface area (TPSA) is 57.4 Å². The Bertz CT molecular complexity index is 2710. The summed E-state index contributed by atoms with van der Waals surface area (Å²) in [5.74, 6) is 0. The lowest BCUT2D eigenvalue weighted by Crippen LogP contribution is -1.98. The van der Waals surface area contributed by atoms with E-state index in [4.69, 9.17) is 0 Å². The maximum Gasteiger partial charge on any atom is 0.0998 e. The molecule has 4 heteroatoms. The molecule has 7 aromatic carbocycles. The number of hydrogen-bond donors (Lipinski definition) is 0. The number of rotatable bonds is 4. The molecule has 2 heterocycles. The molecule has 0 fully saturated rings. The number of para-hydroxylation sites is 5. The van der Waals surface area contributed by atoms with Gasteiger partial charge in [0, 0.05) is 43.9 Å². The summed E-state index contributed by atoms with van der Waals surface area (Å²) in [6.45, 7) is 0. The summed E-state index contributed by atoms with van der Waals surface area (Å²) in [4.78, 5) is 0. The van der Waals surface area contributed by atoms with Crippen molar-refractivity contribution in [1.82, 2.24) is 9.13 Å². The van der Waals surface area contributed by atoms with Gasteiger partial charge in [-0.3, -0.25) is 0 Å². The highest BCUT2D eigenvalue weighted by molar-refractivity contribution is 6.10. The van der Waals surface area contributed by atoms with Gasteiger partial charge in [-0.25, -0.2) is 0 Å². The smallest absolute Gasteiger partial charge is 0.0998 e. The van der Waals surface area contributed by atoms with E-state index >= 15 is 0 Å². The molecule has 0 unspecified atom stereocenters. The van der Waals surface area contributed by atoms with Gasteiger partial charge in [-0.2, -0.15) is 10.5 Å². The molecule has 9 rings (SSSR count). The van der Waals surface area contributed by atoms with Crippen molar-refractivity contribution < 1.29 is 0 Å². The Hall–Kier alpha value is -6.88. The van der Waals surface area contributed by atoms with Crippen molar-refractivity contribution in [3.05, 3.63) is 169 Å². The second-order valence-electron chi connectivity index (χ2n) is 12.0. The van der Waals surface area contributed by atoms with Crippen LogP contribution in [0.4, 0.5) is 0 Å². The van der Waals surface area contributed by atoms with Crippen LogP contribution >= 0.6 is 0 Å². The van der Waals surface area contributed by atoms with Crippen molar-refractivity contribution >= 4 is 43.6 Å². The van der Waals surface area contributed by atoms with E-state index in [1.807, 2.05) is 48.5 Å². The van der Waals surface area contributed by atoms with Gasteiger partial charge in [0.1, 0.15) is 0 Å². The number of benzene rings is 7. The predicted octanol–water partition coefficient (Wildman–Crippen LogP) is 11.0. The minimum atomic E-state index is 0.518. The van der Waals surface area contributed by atoms with E-state index < -0.39 is 0 Å². The molecule has 0 amide bonds. The first-order valence-corrected chi connectivity index (χ1v) is 15.9. The molecule has 0 aliphatic rings. The zero-order chi connectivity index (χ0) is 32.2. The van der Waals surface area contributed by atoms with Gasteiger partial charge in [0.05, 0.1) is 51.0 Å². The molecule has 0 atom stereocenters. The van der Waals surface area contributed by atoms with Crippen LogP contribution in [0, 0.1) is 22.7 Å². The fourth-order valence-corrected chi connectivity index (χ4v) is 7.33. The molecule has 9 aromatic rings. The summed E-state index contributed by atoms with van der Waals surface area (Å²) in [7, 11) is 0. The van der Waals surface area contributed by atoms with Crippen LogP contribution in [0.1, 0.15) is 11.1 Å². The quantitative estimate of drug-likeness (QED) is 0.199. The molecule has 0 aliphatic carbocycles. The fraction of sp³-hybridized carbons (Fsp3) is 0. The lowest BCUT2D eigenvalue weighted by molar-refractivity contribution is 1.18. The molecule has 222 valence electrons. The van der Waals surface area contributed by atoms with Gasteiger partial charge >= 0.3 is 0 Å². The van der Waals surface area contributed by atoms with Crippen molar-refractivity contribution in [1.29, 1.82) is 10.5 Å². The van der Waals surface area contributed by atoms with E-state index in [-0.39, 0.29) is 0 Å². The van der Waals surface area contributed by atoms with E-state index in [1.54, 1.807) is 0 Å². The van der Waals surface area contributed by atoms with Gasteiger partial charge in [-0.15, -0.1) is 0 Å². The predicted molar refractivity (Wildman–Crippen MR) is 195 cm³/mol. The molecule has 48 heavy (non-hydrogen) atoms. The molecular weight excluding hydrogens is 585 g/mol. The van der Waals surface area contributed by atoms with Crippen LogP contribution < -0.4 is 0 Å². The summed E-state index contributed by atoms with van der Waals surface area (Å²) in [6.07, 6.45) is 0. The maximum atomic E-state index is 10.4. The molecule has 2 aromatic heterocycles. The average molecular weight is 611 g/mol. The van der Waals surface area contributed by atoms with E-state index in [9.17, 15) is 10.5 Å². The summed E-state index contributed by atoms with van der Waals surface area (Å²) in [6, 6.07) is 58.7. The first-order chi connectivity index (χ1) is 23.7. The molecule has 0 N–H and O–H groups in total. The molecule has 0 aliphatic heterocycles. The van der Waals surface area contributed by atoms with Gasteiger partial charge in [0.25, 0.3) is 0 Å². The van der Waals surface area contributed by atoms with Crippen molar-refractivity contribution in [2.75, 3.05) is 0 Å². The monoisotopic (exact) mass is 610 g/mol. The largest absolute Gasteiger partial charge is 0.309 e. The highest BCUT2D eigenvalue weighted by Gasteiger charge is 2.18. The Balaban J connectivity index is 1.18. The third kappa shape index (κ3) is 4.07. The lowest BCUT2D eigenvalue weighted by Gasteiger charge is -2.16. The minimum Gasteiger partial charge on any atom is -0.309 e. The highest BCUT2D eigenvalue weighted by atomic mass is 15.0. The van der Waals surface area contributed by atoms with Crippen LogP contribution in [-0.4, -0.2) is 9.13 Å². The minimum absolute atomic E-state index is 0.518. The molecule has 0 spiro atoms. The Morgan fingerprint density at radius 1 is 0.375 bits per heavy atom. The van der Waals surface area contributed by atoms with E-state index in [1.165, 1.54) is 21.5 Å². The third-order valence-electron chi connectivity index (χ3n) is 9.43. The van der Waals surface area contributed by atoms with Crippen LogP contribution in [0.15, 0.2) is 158 Å². The van der Waals surface area contributed by atoms with Crippen LogP contribution in [0.2, 0.25) is 0 Å². The molecule has 0 saturated carbocycles.